The Kier molecular flexibility index (Phi) is 6.32. The molecule has 0 radical (unpaired) electrons. The maximum absolute atomic E-state index is 11.4. The molecule has 0 spiro atoms. The number of benzene rings is 1. The van der Waals surface area contributed by atoms with Crippen molar-refractivity contribution < 1.29 is 20.1 Å². The monoisotopic (exact) mass is 267 g/mol. The van der Waals surface area contributed by atoms with E-state index in [4.69, 9.17) is 5.11 Å². The number of carbonyl (C=O) groups is 1. The van der Waals surface area contributed by atoms with Gasteiger partial charge in [0.05, 0.1) is 12.6 Å². The summed E-state index contributed by atoms with van der Waals surface area (Å²) in [5.74, 6) is -0.364. The molecule has 0 aromatic heterocycles. The molecule has 0 aliphatic rings. The molecule has 1 aromatic rings. The molecule has 0 fully saturated rings. The molecule has 0 heterocycles. The van der Waals surface area contributed by atoms with E-state index in [9.17, 15) is 15.0 Å². The van der Waals surface area contributed by atoms with Gasteiger partial charge < -0.3 is 20.6 Å². The third-order valence-electron chi connectivity index (χ3n) is 2.85. The first-order valence-corrected chi connectivity index (χ1v) is 6.47. The van der Waals surface area contributed by atoms with Crippen molar-refractivity contribution in [1.82, 2.24) is 5.32 Å². The average Bonchev–Trinajstić information content (AvgIpc) is 2.39. The summed E-state index contributed by atoms with van der Waals surface area (Å²) in [4.78, 5) is 11.4. The van der Waals surface area contributed by atoms with Crippen LogP contribution in [0.3, 0.4) is 0 Å². The number of rotatable bonds is 8. The highest BCUT2D eigenvalue weighted by atomic mass is 16.3. The second-order valence-electron chi connectivity index (χ2n) is 4.54. The summed E-state index contributed by atoms with van der Waals surface area (Å²) in [5.41, 5.74) is 0.490. The van der Waals surface area contributed by atoms with E-state index in [1.807, 2.05) is 6.92 Å². The molecule has 106 valence electrons. The highest BCUT2D eigenvalue weighted by molar-refractivity contribution is 5.80. The maximum Gasteiger partial charge on any atom is 0.157 e. The number of nitrogens with one attached hydrogen (secondary N) is 1. The summed E-state index contributed by atoms with van der Waals surface area (Å²) >= 11 is 0. The minimum Gasteiger partial charge on any atom is -0.504 e. The Bertz CT molecular complexity index is 420. The summed E-state index contributed by atoms with van der Waals surface area (Å²) in [6, 6.07) is 4.15. The predicted octanol–water partition coefficient (Wildman–Crippen LogP) is 1.48. The summed E-state index contributed by atoms with van der Waals surface area (Å²) in [6.45, 7) is 2.49. The number of carbonyl (C=O) groups excluding carboxylic acids is 1. The molecule has 0 aliphatic carbocycles. The number of aliphatic hydroxyl groups excluding tert-OH is 1. The third-order valence-corrected chi connectivity index (χ3v) is 2.85. The van der Waals surface area contributed by atoms with Gasteiger partial charge in [-0.2, -0.15) is 0 Å². The van der Waals surface area contributed by atoms with E-state index in [1.54, 1.807) is 0 Å². The molecule has 0 saturated carbocycles. The highest BCUT2D eigenvalue weighted by Crippen LogP contribution is 2.27. The van der Waals surface area contributed by atoms with Crippen molar-refractivity contribution in [2.24, 2.45) is 0 Å². The van der Waals surface area contributed by atoms with Gasteiger partial charge in [0, 0.05) is 13.0 Å². The molecule has 0 aliphatic heterocycles. The zero-order valence-electron chi connectivity index (χ0n) is 11.1. The van der Waals surface area contributed by atoms with Gasteiger partial charge in [0.2, 0.25) is 0 Å². The van der Waals surface area contributed by atoms with E-state index in [0.29, 0.717) is 12.0 Å². The Balaban J connectivity index is 2.36. The smallest absolute Gasteiger partial charge is 0.157 e. The van der Waals surface area contributed by atoms with E-state index in [0.717, 1.165) is 12.8 Å². The van der Waals surface area contributed by atoms with Crippen LogP contribution in [0.1, 0.15) is 37.9 Å². The number of aliphatic hydroxyl groups is 1. The first kappa shape index (κ1) is 15.5. The standard InChI is InChI=1S/C14H21NO4/c1-2-3-4-11(16)8-15-9-14(19)10-5-6-12(17)13(18)7-10/h5-7,14-15,17-19H,2-4,8-9H2,1H3. The van der Waals surface area contributed by atoms with Gasteiger partial charge in [-0.3, -0.25) is 4.79 Å². The van der Waals surface area contributed by atoms with Crippen molar-refractivity contribution in [2.75, 3.05) is 13.1 Å². The predicted molar refractivity (Wildman–Crippen MR) is 72.1 cm³/mol. The zero-order chi connectivity index (χ0) is 14.3. The molecule has 4 N–H and O–H groups in total. The van der Waals surface area contributed by atoms with Crippen molar-refractivity contribution in [2.45, 2.75) is 32.3 Å². The lowest BCUT2D eigenvalue weighted by Gasteiger charge is -2.12. The van der Waals surface area contributed by atoms with Crippen LogP contribution in [0.25, 0.3) is 0 Å². The first-order valence-electron chi connectivity index (χ1n) is 6.47. The van der Waals surface area contributed by atoms with Crippen molar-refractivity contribution in [3.05, 3.63) is 23.8 Å². The van der Waals surface area contributed by atoms with Crippen molar-refractivity contribution in [1.29, 1.82) is 0 Å². The van der Waals surface area contributed by atoms with E-state index < -0.39 is 6.10 Å². The molecule has 1 atom stereocenters. The van der Waals surface area contributed by atoms with Gasteiger partial charge in [0.25, 0.3) is 0 Å². The molecular formula is C14H21NO4. The number of phenols is 2. The largest absolute Gasteiger partial charge is 0.504 e. The number of hydrogen-bond donors (Lipinski definition) is 4. The van der Waals surface area contributed by atoms with Crippen LogP contribution in [-0.2, 0) is 4.79 Å². The van der Waals surface area contributed by atoms with Gasteiger partial charge in [-0.25, -0.2) is 0 Å². The van der Waals surface area contributed by atoms with Crippen LogP contribution in [-0.4, -0.2) is 34.2 Å². The molecule has 5 heteroatoms. The van der Waals surface area contributed by atoms with Crippen LogP contribution in [0.15, 0.2) is 18.2 Å². The molecule has 19 heavy (non-hydrogen) atoms. The number of unbranched alkanes of at least 4 members (excludes halogenated alkanes) is 1. The van der Waals surface area contributed by atoms with Crippen LogP contribution in [0.4, 0.5) is 0 Å². The van der Waals surface area contributed by atoms with E-state index in [-0.39, 0.29) is 30.4 Å². The van der Waals surface area contributed by atoms with Gasteiger partial charge in [0.1, 0.15) is 5.78 Å². The lowest BCUT2D eigenvalue weighted by atomic mass is 10.1. The van der Waals surface area contributed by atoms with Crippen molar-refractivity contribution in [3.8, 4) is 11.5 Å². The van der Waals surface area contributed by atoms with Gasteiger partial charge >= 0.3 is 0 Å². The van der Waals surface area contributed by atoms with Crippen LogP contribution < -0.4 is 5.32 Å². The minimum absolute atomic E-state index is 0.127. The molecule has 1 rings (SSSR count). The SMILES string of the molecule is CCCCC(=O)CNCC(O)c1ccc(O)c(O)c1. The van der Waals surface area contributed by atoms with Crippen LogP contribution in [0.2, 0.25) is 0 Å². The Morgan fingerprint density at radius 3 is 2.68 bits per heavy atom. The van der Waals surface area contributed by atoms with Gasteiger partial charge in [0.15, 0.2) is 11.5 Å². The number of Topliss-reactive ketones (excluding diaryl/α,β-unsaturated/α-hetero) is 1. The lowest BCUT2D eigenvalue weighted by molar-refractivity contribution is -0.118. The number of hydrogen-bond acceptors (Lipinski definition) is 5. The number of phenolic OH excluding ortho intramolecular Hbond substituents is 2. The fourth-order valence-corrected chi connectivity index (χ4v) is 1.68. The molecular weight excluding hydrogens is 246 g/mol. The van der Waals surface area contributed by atoms with Gasteiger partial charge in [-0.1, -0.05) is 19.4 Å². The van der Waals surface area contributed by atoms with Gasteiger partial charge in [-0.05, 0) is 24.1 Å². The van der Waals surface area contributed by atoms with E-state index in [2.05, 4.69) is 5.32 Å². The summed E-state index contributed by atoms with van der Waals surface area (Å²) in [7, 11) is 0. The lowest BCUT2D eigenvalue weighted by Crippen LogP contribution is -2.27. The normalized spacial score (nSPS) is 12.3. The van der Waals surface area contributed by atoms with Gasteiger partial charge in [-0.15, -0.1) is 0 Å². The maximum atomic E-state index is 11.4. The number of ketones is 1. The fourth-order valence-electron chi connectivity index (χ4n) is 1.68. The third kappa shape index (κ3) is 5.28. The Morgan fingerprint density at radius 1 is 1.32 bits per heavy atom. The molecule has 0 bridgehead atoms. The molecule has 0 amide bonds. The quantitative estimate of drug-likeness (QED) is 0.536. The molecule has 1 unspecified atom stereocenters. The second kappa shape index (κ2) is 7.76. The Labute approximate surface area is 112 Å². The molecule has 1 aromatic carbocycles. The van der Waals surface area contributed by atoms with E-state index >= 15 is 0 Å². The first-order chi connectivity index (χ1) is 9.04. The Hall–Kier alpha value is -1.59. The molecule has 5 nitrogen and oxygen atoms in total. The minimum atomic E-state index is -0.828. The van der Waals surface area contributed by atoms with Crippen LogP contribution in [0, 0.1) is 0 Å². The second-order valence-corrected chi connectivity index (χ2v) is 4.54. The fraction of sp³-hybridized carbons (Fsp3) is 0.500. The van der Waals surface area contributed by atoms with Crippen LogP contribution >= 0.6 is 0 Å². The topological polar surface area (TPSA) is 89.8 Å². The summed E-state index contributed by atoms with van der Waals surface area (Å²) < 4.78 is 0. The molecule has 0 saturated heterocycles. The van der Waals surface area contributed by atoms with Crippen molar-refractivity contribution >= 4 is 5.78 Å². The van der Waals surface area contributed by atoms with Crippen molar-refractivity contribution in [3.63, 3.8) is 0 Å². The zero-order valence-corrected chi connectivity index (χ0v) is 11.1. The Morgan fingerprint density at radius 2 is 2.05 bits per heavy atom. The number of aromatic hydroxyl groups is 2. The highest BCUT2D eigenvalue weighted by Gasteiger charge is 2.10. The average molecular weight is 267 g/mol. The summed E-state index contributed by atoms with van der Waals surface area (Å²) in [5, 5.41) is 31.2. The van der Waals surface area contributed by atoms with E-state index in [1.165, 1.54) is 18.2 Å². The van der Waals surface area contributed by atoms with Crippen LogP contribution in [0.5, 0.6) is 11.5 Å². The summed E-state index contributed by atoms with van der Waals surface area (Å²) in [6.07, 6.45) is 1.60.